The molecule has 6 heteroatoms. The first-order valence-electron chi connectivity index (χ1n) is 9.57. The third kappa shape index (κ3) is 6.12. The molecule has 0 aromatic rings. The maximum absolute atomic E-state index is 5.57. The molecule has 2 rings (SSSR count). The average molecular weight is 357 g/mol. The summed E-state index contributed by atoms with van der Waals surface area (Å²) in [5, 5.41) is 7.09. The number of morpholine rings is 1. The van der Waals surface area contributed by atoms with Crippen molar-refractivity contribution in [2.75, 3.05) is 58.4 Å². The molecule has 0 bridgehead atoms. The zero-order valence-corrected chi connectivity index (χ0v) is 16.4. The molecular weight excluding hydrogens is 320 g/mol. The normalized spacial score (nSPS) is 22.3. The minimum Gasteiger partial charge on any atom is -0.379 e. The predicted octanol–water partition coefficient (Wildman–Crippen LogP) is 2.33. The van der Waals surface area contributed by atoms with E-state index in [0.717, 1.165) is 45.4 Å². The Morgan fingerprint density at radius 3 is 2.54 bits per heavy atom. The van der Waals surface area contributed by atoms with E-state index in [1.807, 2.05) is 18.8 Å². The van der Waals surface area contributed by atoms with Crippen molar-refractivity contribution in [1.29, 1.82) is 0 Å². The Morgan fingerprint density at radius 2 is 1.88 bits per heavy atom. The molecule has 0 aromatic carbocycles. The summed E-state index contributed by atoms with van der Waals surface area (Å²) in [5.41, 5.74) is 0.290. The van der Waals surface area contributed by atoms with Crippen LogP contribution in [0, 0.1) is 0 Å². The van der Waals surface area contributed by atoms with Crippen molar-refractivity contribution in [2.24, 2.45) is 4.99 Å². The molecule has 1 aliphatic heterocycles. The number of unbranched alkanes of at least 4 members (excludes halogenated alkanes) is 1. The molecule has 2 aliphatic rings. The van der Waals surface area contributed by atoms with Crippen LogP contribution in [0.2, 0.25) is 0 Å². The van der Waals surface area contributed by atoms with Crippen LogP contribution < -0.4 is 10.6 Å². The number of hydrogen-bond acceptors (Lipinski definition) is 4. The number of aliphatic imine (C=N–C) groups is 1. The minimum atomic E-state index is 0.290. The van der Waals surface area contributed by atoms with Gasteiger partial charge in [0, 0.05) is 38.8 Å². The molecule has 0 unspecified atom stereocenters. The molecule has 140 valence electrons. The van der Waals surface area contributed by atoms with E-state index >= 15 is 0 Å². The van der Waals surface area contributed by atoms with Gasteiger partial charge in [0.05, 0.1) is 13.2 Å². The lowest BCUT2D eigenvalue weighted by atomic mass is 9.80. The molecule has 1 heterocycles. The second kappa shape index (κ2) is 11.2. The van der Waals surface area contributed by atoms with Gasteiger partial charge in [-0.1, -0.05) is 19.3 Å². The van der Waals surface area contributed by atoms with Gasteiger partial charge in [0.25, 0.3) is 0 Å². The van der Waals surface area contributed by atoms with E-state index in [4.69, 9.17) is 4.74 Å². The Hall–Kier alpha value is -0.460. The molecule has 0 spiro atoms. The summed E-state index contributed by atoms with van der Waals surface area (Å²) in [5.74, 6) is 2.20. The van der Waals surface area contributed by atoms with Crippen molar-refractivity contribution < 1.29 is 4.74 Å². The van der Waals surface area contributed by atoms with Crippen LogP contribution in [0.3, 0.4) is 0 Å². The number of ether oxygens (including phenoxy) is 1. The van der Waals surface area contributed by atoms with E-state index in [-0.39, 0.29) is 0 Å². The lowest BCUT2D eigenvalue weighted by molar-refractivity contribution is -0.0352. The third-order valence-corrected chi connectivity index (χ3v) is 6.04. The highest BCUT2D eigenvalue weighted by molar-refractivity contribution is 7.98. The smallest absolute Gasteiger partial charge is 0.191 e. The first-order valence-corrected chi connectivity index (χ1v) is 11.0. The van der Waals surface area contributed by atoms with Crippen molar-refractivity contribution in [3.05, 3.63) is 0 Å². The molecule has 0 radical (unpaired) electrons. The molecule has 24 heavy (non-hydrogen) atoms. The summed E-state index contributed by atoms with van der Waals surface area (Å²) in [4.78, 5) is 7.09. The monoisotopic (exact) mass is 356 g/mol. The summed E-state index contributed by atoms with van der Waals surface area (Å²) in [6.45, 7) is 5.90. The molecule has 1 saturated heterocycles. The predicted molar refractivity (Wildman–Crippen MR) is 105 cm³/mol. The highest BCUT2D eigenvalue weighted by atomic mass is 32.2. The van der Waals surface area contributed by atoms with Gasteiger partial charge in [-0.05, 0) is 37.7 Å². The van der Waals surface area contributed by atoms with Gasteiger partial charge in [-0.25, -0.2) is 0 Å². The second-order valence-corrected chi connectivity index (χ2v) is 7.92. The molecular formula is C18H36N4OS. The van der Waals surface area contributed by atoms with Gasteiger partial charge in [-0.15, -0.1) is 0 Å². The summed E-state index contributed by atoms with van der Waals surface area (Å²) < 4.78 is 5.57. The lowest BCUT2D eigenvalue weighted by Gasteiger charge is -2.48. The van der Waals surface area contributed by atoms with Gasteiger partial charge in [0.1, 0.15) is 0 Å². The largest absolute Gasteiger partial charge is 0.379 e. The first kappa shape index (κ1) is 19.9. The number of guanidine groups is 1. The van der Waals surface area contributed by atoms with Crippen molar-refractivity contribution >= 4 is 17.7 Å². The Balaban J connectivity index is 1.82. The zero-order valence-electron chi connectivity index (χ0n) is 15.6. The van der Waals surface area contributed by atoms with Crippen molar-refractivity contribution in [1.82, 2.24) is 15.5 Å². The van der Waals surface area contributed by atoms with Gasteiger partial charge in [-0.2, -0.15) is 11.8 Å². The van der Waals surface area contributed by atoms with Gasteiger partial charge in [0.2, 0.25) is 0 Å². The van der Waals surface area contributed by atoms with E-state index in [9.17, 15) is 0 Å². The van der Waals surface area contributed by atoms with E-state index < -0.39 is 0 Å². The van der Waals surface area contributed by atoms with Gasteiger partial charge in [-0.3, -0.25) is 9.89 Å². The summed E-state index contributed by atoms with van der Waals surface area (Å²) in [6, 6.07) is 0. The topological polar surface area (TPSA) is 48.9 Å². The van der Waals surface area contributed by atoms with Crippen LogP contribution in [-0.4, -0.2) is 74.8 Å². The van der Waals surface area contributed by atoms with Crippen LogP contribution >= 0.6 is 11.8 Å². The number of hydrogen-bond donors (Lipinski definition) is 2. The fourth-order valence-electron chi connectivity index (χ4n) is 3.90. The summed E-state index contributed by atoms with van der Waals surface area (Å²) in [7, 11) is 1.87. The Morgan fingerprint density at radius 1 is 1.12 bits per heavy atom. The molecule has 1 saturated carbocycles. The van der Waals surface area contributed by atoms with Gasteiger partial charge in [0.15, 0.2) is 5.96 Å². The second-order valence-electron chi connectivity index (χ2n) is 6.94. The van der Waals surface area contributed by atoms with Crippen LogP contribution in [0.1, 0.15) is 44.9 Å². The maximum Gasteiger partial charge on any atom is 0.191 e. The minimum absolute atomic E-state index is 0.290. The van der Waals surface area contributed by atoms with E-state index in [1.54, 1.807) is 0 Å². The summed E-state index contributed by atoms with van der Waals surface area (Å²) in [6.07, 6.45) is 11.3. The van der Waals surface area contributed by atoms with Gasteiger partial charge >= 0.3 is 0 Å². The Labute approximate surface area is 152 Å². The third-order valence-electron chi connectivity index (χ3n) is 5.34. The van der Waals surface area contributed by atoms with E-state index in [0.29, 0.717) is 5.54 Å². The standard InChI is InChI=1S/C18H36N4OS/c1-19-17(20-10-6-7-15-24-2)21-16-18(8-4-3-5-9-18)22-11-13-23-14-12-22/h3-16H2,1-2H3,(H2,19,20,21). The highest BCUT2D eigenvalue weighted by Crippen LogP contribution is 2.33. The van der Waals surface area contributed by atoms with Crippen LogP contribution in [0.25, 0.3) is 0 Å². The summed E-state index contributed by atoms with van der Waals surface area (Å²) >= 11 is 1.92. The average Bonchev–Trinajstić information content (AvgIpc) is 2.65. The first-order chi connectivity index (χ1) is 11.8. The highest BCUT2D eigenvalue weighted by Gasteiger charge is 2.38. The maximum atomic E-state index is 5.57. The quantitative estimate of drug-likeness (QED) is 0.397. The molecule has 0 amide bonds. The molecule has 0 aromatic heterocycles. The molecule has 0 atom stereocenters. The van der Waals surface area contributed by atoms with Crippen molar-refractivity contribution in [3.63, 3.8) is 0 Å². The van der Waals surface area contributed by atoms with Crippen LogP contribution in [0.5, 0.6) is 0 Å². The lowest BCUT2D eigenvalue weighted by Crippen LogP contribution is -2.60. The van der Waals surface area contributed by atoms with Gasteiger partial charge < -0.3 is 15.4 Å². The van der Waals surface area contributed by atoms with E-state index in [1.165, 1.54) is 50.7 Å². The fraction of sp³-hybridized carbons (Fsp3) is 0.944. The van der Waals surface area contributed by atoms with Crippen LogP contribution in [0.15, 0.2) is 4.99 Å². The number of nitrogens with one attached hydrogen (secondary N) is 2. The number of rotatable bonds is 8. The van der Waals surface area contributed by atoms with Crippen molar-refractivity contribution in [3.8, 4) is 0 Å². The van der Waals surface area contributed by atoms with Crippen LogP contribution in [-0.2, 0) is 4.74 Å². The zero-order chi connectivity index (χ0) is 17.1. The number of nitrogens with zero attached hydrogens (tertiary/aromatic N) is 2. The Bertz CT molecular complexity index is 366. The molecule has 1 aliphatic carbocycles. The van der Waals surface area contributed by atoms with Crippen LogP contribution in [0.4, 0.5) is 0 Å². The molecule has 2 fully saturated rings. The molecule has 2 N–H and O–H groups in total. The Kier molecular flexibility index (Phi) is 9.28. The fourth-order valence-corrected chi connectivity index (χ4v) is 4.39. The SMILES string of the molecule is CN=C(NCCCCSC)NCC1(N2CCOCC2)CCCCC1. The van der Waals surface area contributed by atoms with Crippen molar-refractivity contribution in [2.45, 2.75) is 50.5 Å². The van der Waals surface area contributed by atoms with E-state index in [2.05, 4.69) is 26.8 Å². The number of thioether (sulfide) groups is 1. The molecule has 5 nitrogen and oxygen atoms in total.